The number of carbonyl (C=O) groups is 3. The number of aliphatic carboxylic acids is 2. The Labute approximate surface area is 99.2 Å². The van der Waals surface area contributed by atoms with Crippen LogP contribution in [-0.4, -0.2) is 51.5 Å². The summed E-state index contributed by atoms with van der Waals surface area (Å²) in [4.78, 5) is 34.6. The van der Waals surface area contributed by atoms with E-state index in [-0.39, 0.29) is 24.7 Å². The Morgan fingerprint density at radius 1 is 1.35 bits per heavy atom. The lowest BCUT2D eigenvalue weighted by Crippen LogP contribution is -2.46. The molecule has 0 aliphatic carbocycles. The molecule has 1 aliphatic rings. The van der Waals surface area contributed by atoms with E-state index in [1.54, 1.807) is 4.90 Å². The molecule has 1 fully saturated rings. The topological polar surface area (TPSA) is 94.9 Å². The van der Waals surface area contributed by atoms with Gasteiger partial charge in [-0.2, -0.15) is 0 Å². The first-order valence-electron chi connectivity index (χ1n) is 5.64. The highest BCUT2D eigenvalue weighted by atomic mass is 16.4. The van der Waals surface area contributed by atoms with Gasteiger partial charge in [-0.25, -0.2) is 0 Å². The molecule has 0 radical (unpaired) electrons. The molecule has 6 heteroatoms. The second kappa shape index (κ2) is 5.77. The van der Waals surface area contributed by atoms with E-state index in [2.05, 4.69) is 0 Å². The number of ketones is 1. The highest BCUT2D eigenvalue weighted by Crippen LogP contribution is 2.23. The fourth-order valence-electron chi connectivity index (χ4n) is 2.29. The van der Waals surface area contributed by atoms with Gasteiger partial charge in [0.15, 0.2) is 0 Å². The summed E-state index contributed by atoms with van der Waals surface area (Å²) in [7, 11) is 0. The monoisotopic (exact) mass is 243 g/mol. The predicted octanol–water partition coefficient (Wildman–Crippen LogP) is 0.358. The third-order valence-corrected chi connectivity index (χ3v) is 3.08. The van der Waals surface area contributed by atoms with Crippen molar-refractivity contribution >= 4 is 17.7 Å². The zero-order valence-electron chi connectivity index (χ0n) is 9.76. The summed E-state index contributed by atoms with van der Waals surface area (Å²) in [6.07, 6.45) is 1.28. The van der Waals surface area contributed by atoms with E-state index in [1.165, 1.54) is 6.92 Å². The number of likely N-dealkylation sites (tertiary alicyclic amines) is 1. The Hall–Kier alpha value is -1.43. The predicted molar refractivity (Wildman–Crippen MR) is 58.7 cm³/mol. The molecule has 2 N–H and O–H groups in total. The summed E-state index contributed by atoms with van der Waals surface area (Å²) in [6, 6.07) is -1.24. The Morgan fingerprint density at radius 2 is 2.00 bits per heavy atom. The maximum atomic E-state index is 11.4. The summed E-state index contributed by atoms with van der Waals surface area (Å²) in [5.41, 5.74) is 0. The lowest BCUT2D eigenvalue weighted by molar-refractivity contribution is -0.145. The van der Waals surface area contributed by atoms with E-state index < -0.39 is 18.0 Å². The Balaban J connectivity index is 2.72. The Kier molecular flexibility index (Phi) is 4.62. The first-order chi connectivity index (χ1) is 7.93. The number of hydrogen-bond donors (Lipinski definition) is 2. The molecule has 0 aromatic heterocycles. The minimum atomic E-state index is -1.06. The van der Waals surface area contributed by atoms with Crippen molar-refractivity contribution in [3.63, 3.8) is 0 Å². The van der Waals surface area contributed by atoms with Crippen LogP contribution in [0, 0.1) is 0 Å². The molecule has 0 bridgehead atoms. The second-order valence-corrected chi connectivity index (χ2v) is 4.29. The molecule has 0 aromatic rings. The van der Waals surface area contributed by atoms with Crippen molar-refractivity contribution in [2.24, 2.45) is 0 Å². The van der Waals surface area contributed by atoms with Gasteiger partial charge in [-0.3, -0.25) is 19.3 Å². The van der Waals surface area contributed by atoms with E-state index in [9.17, 15) is 14.4 Å². The molecular formula is C11H17NO5. The molecule has 6 nitrogen and oxygen atoms in total. The van der Waals surface area contributed by atoms with E-state index in [4.69, 9.17) is 10.2 Å². The zero-order chi connectivity index (χ0) is 13.0. The first kappa shape index (κ1) is 13.6. The molecule has 0 saturated carbocycles. The average Bonchev–Trinajstić information content (AvgIpc) is 2.65. The summed E-state index contributed by atoms with van der Waals surface area (Å²) < 4.78 is 0. The molecule has 1 heterocycles. The fraction of sp³-hybridized carbons (Fsp3) is 0.727. The van der Waals surface area contributed by atoms with Gasteiger partial charge in [0, 0.05) is 6.42 Å². The quantitative estimate of drug-likeness (QED) is 0.699. The van der Waals surface area contributed by atoms with Gasteiger partial charge in [0.05, 0.1) is 6.04 Å². The summed E-state index contributed by atoms with van der Waals surface area (Å²) in [5.74, 6) is -2.13. The lowest BCUT2D eigenvalue weighted by Gasteiger charge is -2.28. The van der Waals surface area contributed by atoms with Crippen LogP contribution >= 0.6 is 0 Å². The van der Waals surface area contributed by atoms with Gasteiger partial charge >= 0.3 is 11.9 Å². The van der Waals surface area contributed by atoms with Crippen molar-refractivity contribution in [2.45, 2.75) is 44.7 Å². The zero-order valence-corrected chi connectivity index (χ0v) is 9.76. The SMILES string of the molecule is CC(=O)C1CCCN1C(CCC(=O)O)C(=O)O. The number of carbonyl (C=O) groups excluding carboxylic acids is 1. The maximum absolute atomic E-state index is 11.4. The normalized spacial score (nSPS) is 22.3. The summed E-state index contributed by atoms with van der Waals surface area (Å²) >= 11 is 0. The number of nitrogens with zero attached hydrogens (tertiary/aromatic N) is 1. The van der Waals surface area contributed by atoms with E-state index in [1.807, 2.05) is 0 Å². The van der Waals surface area contributed by atoms with Gasteiger partial charge in [-0.05, 0) is 32.7 Å². The van der Waals surface area contributed by atoms with E-state index in [0.717, 1.165) is 6.42 Å². The lowest BCUT2D eigenvalue weighted by atomic mass is 10.1. The van der Waals surface area contributed by atoms with Crippen LogP contribution < -0.4 is 0 Å². The van der Waals surface area contributed by atoms with Gasteiger partial charge in [-0.15, -0.1) is 0 Å². The van der Waals surface area contributed by atoms with Crippen LogP contribution in [-0.2, 0) is 14.4 Å². The molecule has 17 heavy (non-hydrogen) atoms. The molecular weight excluding hydrogens is 226 g/mol. The maximum Gasteiger partial charge on any atom is 0.320 e. The van der Waals surface area contributed by atoms with Crippen molar-refractivity contribution in [3.8, 4) is 0 Å². The highest BCUT2D eigenvalue weighted by Gasteiger charge is 2.36. The van der Waals surface area contributed by atoms with Crippen LogP contribution in [0.1, 0.15) is 32.6 Å². The van der Waals surface area contributed by atoms with Gasteiger partial charge in [0.25, 0.3) is 0 Å². The van der Waals surface area contributed by atoms with Crippen LogP contribution in [0.4, 0.5) is 0 Å². The number of rotatable bonds is 6. The highest BCUT2D eigenvalue weighted by molar-refractivity contribution is 5.83. The Morgan fingerprint density at radius 3 is 2.47 bits per heavy atom. The summed E-state index contributed by atoms with van der Waals surface area (Å²) in [6.45, 7) is 1.99. The van der Waals surface area contributed by atoms with Crippen LogP contribution in [0.25, 0.3) is 0 Å². The molecule has 1 rings (SSSR count). The number of carboxylic acids is 2. The molecule has 96 valence electrons. The molecule has 1 saturated heterocycles. The molecule has 2 atom stereocenters. The van der Waals surface area contributed by atoms with Crippen LogP contribution in [0.3, 0.4) is 0 Å². The average molecular weight is 243 g/mol. The minimum absolute atomic E-state index is 0.0362. The smallest absolute Gasteiger partial charge is 0.320 e. The van der Waals surface area contributed by atoms with Gasteiger partial charge < -0.3 is 10.2 Å². The van der Waals surface area contributed by atoms with Crippen molar-refractivity contribution in [2.75, 3.05) is 6.54 Å². The van der Waals surface area contributed by atoms with Gasteiger partial charge in [0.1, 0.15) is 11.8 Å². The van der Waals surface area contributed by atoms with E-state index >= 15 is 0 Å². The number of hydrogen-bond acceptors (Lipinski definition) is 4. The van der Waals surface area contributed by atoms with Crippen molar-refractivity contribution in [1.82, 2.24) is 4.90 Å². The number of Topliss-reactive ketones (excluding diaryl/α,β-unsaturated/α-hetero) is 1. The van der Waals surface area contributed by atoms with Crippen molar-refractivity contribution < 1.29 is 24.6 Å². The summed E-state index contributed by atoms with van der Waals surface area (Å²) in [5, 5.41) is 17.7. The molecule has 0 spiro atoms. The molecule has 0 amide bonds. The van der Waals surface area contributed by atoms with Gasteiger partial charge in [0.2, 0.25) is 0 Å². The van der Waals surface area contributed by atoms with Crippen molar-refractivity contribution in [3.05, 3.63) is 0 Å². The standard InChI is InChI=1S/C11H17NO5/c1-7(13)8-3-2-6-12(8)9(11(16)17)4-5-10(14)15/h8-9H,2-6H2,1H3,(H,14,15)(H,16,17). The second-order valence-electron chi connectivity index (χ2n) is 4.29. The van der Waals surface area contributed by atoms with Crippen LogP contribution in [0.2, 0.25) is 0 Å². The van der Waals surface area contributed by atoms with E-state index in [0.29, 0.717) is 13.0 Å². The van der Waals surface area contributed by atoms with Crippen LogP contribution in [0.5, 0.6) is 0 Å². The third kappa shape index (κ3) is 3.52. The first-order valence-corrected chi connectivity index (χ1v) is 5.64. The largest absolute Gasteiger partial charge is 0.481 e. The Bertz CT molecular complexity index is 328. The molecule has 2 unspecified atom stereocenters. The fourth-order valence-corrected chi connectivity index (χ4v) is 2.29. The third-order valence-electron chi connectivity index (χ3n) is 3.08. The van der Waals surface area contributed by atoms with Gasteiger partial charge in [-0.1, -0.05) is 0 Å². The van der Waals surface area contributed by atoms with Crippen LogP contribution in [0.15, 0.2) is 0 Å². The van der Waals surface area contributed by atoms with Crippen molar-refractivity contribution in [1.29, 1.82) is 0 Å². The minimum Gasteiger partial charge on any atom is -0.481 e. The number of carboxylic acid groups (broad SMARTS) is 2. The molecule has 1 aliphatic heterocycles. The molecule has 0 aromatic carbocycles.